The largest absolute Gasteiger partial charge is 0.325 e. The Bertz CT molecular complexity index is 892. The lowest BCUT2D eigenvalue weighted by atomic mass is 9.91. The maximum absolute atomic E-state index is 12.9. The number of urea groups is 1. The first-order valence-corrected chi connectivity index (χ1v) is 8.94. The molecule has 2 aromatic carbocycles. The van der Waals surface area contributed by atoms with Gasteiger partial charge in [0.2, 0.25) is 5.91 Å². The number of benzene rings is 2. The molecule has 0 radical (unpaired) electrons. The van der Waals surface area contributed by atoms with E-state index in [1.165, 1.54) is 0 Å². The van der Waals surface area contributed by atoms with E-state index in [4.69, 9.17) is 0 Å². The van der Waals surface area contributed by atoms with Crippen LogP contribution in [0.5, 0.6) is 0 Å². The Hall–Kier alpha value is -3.15. The van der Waals surface area contributed by atoms with Crippen molar-refractivity contribution in [1.29, 1.82) is 0 Å². The molecule has 2 N–H and O–H groups in total. The smallest absolute Gasteiger partial charge is 0.324 e. The van der Waals surface area contributed by atoms with Crippen molar-refractivity contribution in [2.75, 3.05) is 11.9 Å². The van der Waals surface area contributed by atoms with Gasteiger partial charge in [0.25, 0.3) is 5.91 Å². The predicted molar refractivity (Wildman–Crippen MR) is 103 cm³/mol. The highest BCUT2D eigenvalue weighted by molar-refractivity contribution is 6.10. The molecule has 1 fully saturated rings. The summed E-state index contributed by atoms with van der Waals surface area (Å²) in [5.41, 5.74) is 2.26. The summed E-state index contributed by atoms with van der Waals surface area (Å²) in [4.78, 5) is 38.7. The van der Waals surface area contributed by atoms with Crippen LogP contribution in [0.2, 0.25) is 0 Å². The minimum absolute atomic E-state index is 0.329. The molecule has 2 aromatic rings. The fourth-order valence-electron chi connectivity index (χ4n) is 3.21. The number of nitrogens with one attached hydrogen (secondary N) is 2. The average Bonchev–Trinajstić information content (AvgIpc) is 2.86. The summed E-state index contributed by atoms with van der Waals surface area (Å²) in [6.07, 6.45) is 0.769. The summed E-state index contributed by atoms with van der Waals surface area (Å²) in [7, 11) is 0. The van der Waals surface area contributed by atoms with Gasteiger partial charge in [-0.15, -0.1) is 0 Å². The third-order valence-corrected chi connectivity index (χ3v) is 4.88. The van der Waals surface area contributed by atoms with Crippen LogP contribution in [0.25, 0.3) is 0 Å². The molecule has 27 heavy (non-hydrogen) atoms. The third-order valence-electron chi connectivity index (χ3n) is 4.88. The Morgan fingerprint density at radius 3 is 2.44 bits per heavy atom. The Morgan fingerprint density at radius 1 is 1.11 bits per heavy atom. The molecule has 0 spiro atoms. The Labute approximate surface area is 158 Å². The van der Waals surface area contributed by atoms with Crippen LogP contribution >= 0.6 is 0 Å². The number of rotatable bonds is 5. The lowest BCUT2D eigenvalue weighted by Crippen LogP contribution is -2.42. The highest BCUT2D eigenvalue weighted by Crippen LogP contribution is 2.29. The number of nitrogens with zero attached hydrogens (tertiary/aromatic N) is 1. The van der Waals surface area contributed by atoms with Crippen molar-refractivity contribution in [3.63, 3.8) is 0 Å². The molecule has 1 unspecified atom stereocenters. The first-order valence-electron chi connectivity index (χ1n) is 8.94. The molecule has 0 saturated carbocycles. The van der Waals surface area contributed by atoms with Gasteiger partial charge in [0.05, 0.1) is 0 Å². The molecule has 1 aliphatic heterocycles. The van der Waals surface area contributed by atoms with Crippen LogP contribution < -0.4 is 10.6 Å². The molecule has 1 aliphatic rings. The Balaban J connectivity index is 1.75. The molecule has 1 saturated heterocycles. The average molecular weight is 365 g/mol. The highest BCUT2D eigenvalue weighted by Gasteiger charge is 2.49. The summed E-state index contributed by atoms with van der Waals surface area (Å²) in [5, 5.41) is 5.51. The van der Waals surface area contributed by atoms with Crippen LogP contribution in [0.4, 0.5) is 10.5 Å². The van der Waals surface area contributed by atoms with Gasteiger partial charge in [0.1, 0.15) is 12.1 Å². The van der Waals surface area contributed by atoms with Crippen LogP contribution in [0.15, 0.2) is 48.5 Å². The van der Waals surface area contributed by atoms with Crippen molar-refractivity contribution in [3.05, 3.63) is 65.2 Å². The number of hydrogen-bond donors (Lipinski definition) is 2. The van der Waals surface area contributed by atoms with Gasteiger partial charge >= 0.3 is 6.03 Å². The van der Waals surface area contributed by atoms with Gasteiger partial charge in [-0.05, 0) is 37.5 Å². The zero-order valence-corrected chi connectivity index (χ0v) is 15.7. The minimum atomic E-state index is -1.17. The first kappa shape index (κ1) is 18.6. The normalized spacial score (nSPS) is 19.1. The van der Waals surface area contributed by atoms with E-state index < -0.39 is 23.4 Å². The van der Waals surface area contributed by atoms with E-state index in [1.807, 2.05) is 56.3 Å². The van der Waals surface area contributed by atoms with Gasteiger partial charge in [-0.2, -0.15) is 0 Å². The molecule has 1 atom stereocenters. The second kappa shape index (κ2) is 7.23. The summed E-state index contributed by atoms with van der Waals surface area (Å²) in [5.74, 6) is -0.845. The van der Waals surface area contributed by atoms with Crippen LogP contribution in [-0.2, 0) is 21.5 Å². The quantitative estimate of drug-likeness (QED) is 0.800. The molecular formula is C21H23N3O3. The lowest BCUT2D eigenvalue weighted by molar-refractivity contribution is -0.133. The molecule has 1 heterocycles. The molecule has 0 aromatic heterocycles. The maximum atomic E-state index is 12.9. The van der Waals surface area contributed by atoms with E-state index in [0.717, 1.165) is 22.4 Å². The fraction of sp³-hybridized carbons (Fsp3) is 0.286. The maximum Gasteiger partial charge on any atom is 0.325 e. The number of aryl methyl sites for hydroxylation is 2. The fourth-order valence-corrected chi connectivity index (χ4v) is 3.21. The summed E-state index contributed by atoms with van der Waals surface area (Å²) < 4.78 is 0. The van der Waals surface area contributed by atoms with Crippen molar-refractivity contribution in [2.45, 2.75) is 32.7 Å². The standard InChI is InChI=1S/C21H23N3O3/c1-4-15-7-5-6-8-17(15)22-18(25)13-24-19(26)21(3,23-20(24)27)16-11-9-14(2)10-12-16/h5-12H,4,13H2,1-3H3,(H,22,25)(H,23,27). The number of para-hydroxylation sites is 1. The van der Waals surface area contributed by atoms with E-state index in [-0.39, 0.29) is 6.54 Å². The van der Waals surface area contributed by atoms with E-state index in [2.05, 4.69) is 10.6 Å². The van der Waals surface area contributed by atoms with Gasteiger partial charge in [-0.1, -0.05) is 55.0 Å². The molecule has 4 amide bonds. The molecule has 3 rings (SSSR count). The zero-order valence-electron chi connectivity index (χ0n) is 15.7. The van der Waals surface area contributed by atoms with Crippen molar-refractivity contribution < 1.29 is 14.4 Å². The Morgan fingerprint density at radius 2 is 1.78 bits per heavy atom. The zero-order chi connectivity index (χ0) is 19.6. The topological polar surface area (TPSA) is 78.5 Å². The van der Waals surface area contributed by atoms with Crippen LogP contribution in [-0.4, -0.2) is 29.3 Å². The second-order valence-corrected chi connectivity index (χ2v) is 6.87. The number of hydrogen-bond acceptors (Lipinski definition) is 3. The highest BCUT2D eigenvalue weighted by atomic mass is 16.2. The summed E-state index contributed by atoms with van der Waals surface area (Å²) in [6, 6.07) is 14.3. The molecular weight excluding hydrogens is 342 g/mol. The van der Waals surface area contributed by atoms with Crippen LogP contribution in [0.1, 0.15) is 30.5 Å². The number of anilines is 1. The third kappa shape index (κ3) is 3.56. The van der Waals surface area contributed by atoms with Crippen molar-refractivity contribution in [2.24, 2.45) is 0 Å². The number of amides is 4. The van der Waals surface area contributed by atoms with Gasteiger partial charge < -0.3 is 10.6 Å². The van der Waals surface area contributed by atoms with E-state index in [0.29, 0.717) is 11.3 Å². The van der Waals surface area contributed by atoms with Gasteiger partial charge in [-0.3, -0.25) is 14.5 Å². The van der Waals surface area contributed by atoms with Crippen LogP contribution in [0, 0.1) is 6.92 Å². The van der Waals surface area contributed by atoms with Crippen molar-refractivity contribution in [1.82, 2.24) is 10.2 Å². The predicted octanol–water partition coefficient (Wildman–Crippen LogP) is 2.96. The number of carbonyl (C=O) groups is 3. The molecule has 0 aliphatic carbocycles. The van der Waals surface area contributed by atoms with Gasteiger partial charge in [-0.25, -0.2) is 4.79 Å². The van der Waals surface area contributed by atoms with Crippen molar-refractivity contribution >= 4 is 23.5 Å². The van der Waals surface area contributed by atoms with E-state index in [1.54, 1.807) is 13.0 Å². The molecule has 0 bridgehead atoms. The van der Waals surface area contributed by atoms with Gasteiger partial charge in [0, 0.05) is 5.69 Å². The monoisotopic (exact) mass is 365 g/mol. The van der Waals surface area contributed by atoms with E-state index in [9.17, 15) is 14.4 Å². The molecule has 6 nitrogen and oxygen atoms in total. The van der Waals surface area contributed by atoms with E-state index >= 15 is 0 Å². The van der Waals surface area contributed by atoms with Gasteiger partial charge in [0.15, 0.2) is 0 Å². The van der Waals surface area contributed by atoms with Crippen LogP contribution in [0.3, 0.4) is 0 Å². The SMILES string of the molecule is CCc1ccccc1NC(=O)CN1C(=O)NC(C)(c2ccc(C)cc2)C1=O. The lowest BCUT2D eigenvalue weighted by Gasteiger charge is -2.22. The molecule has 6 heteroatoms. The summed E-state index contributed by atoms with van der Waals surface area (Å²) >= 11 is 0. The number of imide groups is 1. The summed E-state index contributed by atoms with van der Waals surface area (Å²) in [6.45, 7) is 5.27. The minimum Gasteiger partial charge on any atom is -0.324 e. The first-order chi connectivity index (χ1) is 12.8. The number of carbonyl (C=O) groups excluding carboxylic acids is 3. The Kier molecular flexibility index (Phi) is 4.99. The second-order valence-electron chi connectivity index (χ2n) is 6.87. The molecule has 140 valence electrons. The van der Waals surface area contributed by atoms with Crippen molar-refractivity contribution in [3.8, 4) is 0 Å².